The van der Waals surface area contributed by atoms with Gasteiger partial charge < -0.3 is 14.8 Å². The molecule has 0 saturated heterocycles. The number of pyridine rings is 1. The Morgan fingerprint density at radius 1 is 0.844 bits per heavy atom. The fraction of sp³-hybridized carbons (Fsp3) is 0.308. The summed E-state index contributed by atoms with van der Waals surface area (Å²) in [5.41, 5.74) is 7.15. The highest BCUT2D eigenvalue weighted by Crippen LogP contribution is 2.40. The van der Waals surface area contributed by atoms with Crippen molar-refractivity contribution in [3.05, 3.63) is 65.4 Å². The van der Waals surface area contributed by atoms with Crippen molar-refractivity contribution in [2.75, 3.05) is 19.5 Å². The van der Waals surface area contributed by atoms with Crippen molar-refractivity contribution in [1.29, 1.82) is 0 Å². The zero-order valence-electron chi connectivity index (χ0n) is 18.5. The Kier molecular flexibility index (Phi) is 5.95. The van der Waals surface area contributed by atoms with Crippen molar-refractivity contribution in [2.24, 2.45) is 0 Å². The Balaban J connectivity index is 1.53. The fourth-order valence-electron chi connectivity index (χ4n) is 4.33. The lowest BCUT2D eigenvalue weighted by molar-refractivity contribution is 0.414. The van der Waals surface area contributed by atoms with Gasteiger partial charge in [-0.3, -0.25) is 0 Å². The number of benzene rings is 2. The van der Waals surface area contributed by atoms with Gasteiger partial charge in [0.15, 0.2) is 10.8 Å². The minimum absolute atomic E-state index is 0.710. The van der Waals surface area contributed by atoms with Gasteiger partial charge in [-0.05, 0) is 66.6 Å². The third-order valence-corrected chi connectivity index (χ3v) is 7.07. The largest absolute Gasteiger partial charge is 0.497 e. The molecule has 1 aliphatic carbocycles. The van der Waals surface area contributed by atoms with Crippen molar-refractivity contribution in [3.63, 3.8) is 0 Å². The van der Waals surface area contributed by atoms with Crippen LogP contribution in [0.5, 0.6) is 11.5 Å². The van der Waals surface area contributed by atoms with Crippen LogP contribution in [0.3, 0.4) is 0 Å². The van der Waals surface area contributed by atoms with E-state index in [4.69, 9.17) is 19.4 Å². The Morgan fingerprint density at radius 3 is 2.25 bits per heavy atom. The second kappa shape index (κ2) is 9.17. The first-order valence-electron chi connectivity index (χ1n) is 11.1. The van der Waals surface area contributed by atoms with Gasteiger partial charge in [0.2, 0.25) is 0 Å². The molecule has 0 amide bonds. The standard InChI is InChI=1S/C26H27N3O2S/c1-30-19-12-8-17(9-13-19)16-27-26-29-25-24(32-26)23(18-10-14-20(31-2)15-11-18)21-6-4-3-5-7-22(21)28-25/h8-15H,3-7,16H2,1-2H3,(H,27,28,29). The summed E-state index contributed by atoms with van der Waals surface area (Å²) in [7, 11) is 3.39. The van der Waals surface area contributed by atoms with E-state index < -0.39 is 0 Å². The van der Waals surface area contributed by atoms with Crippen molar-refractivity contribution >= 4 is 26.8 Å². The number of nitrogens with zero attached hydrogens (tertiary/aromatic N) is 2. The van der Waals surface area contributed by atoms with E-state index in [1.807, 2.05) is 24.3 Å². The molecule has 0 spiro atoms. The van der Waals surface area contributed by atoms with Crippen molar-refractivity contribution < 1.29 is 9.47 Å². The molecule has 5 rings (SSSR count). The first-order valence-corrected chi connectivity index (χ1v) is 11.9. The molecule has 5 nitrogen and oxygen atoms in total. The number of thiazole rings is 1. The van der Waals surface area contributed by atoms with Gasteiger partial charge in [-0.25, -0.2) is 9.97 Å². The van der Waals surface area contributed by atoms with Crippen molar-refractivity contribution in [3.8, 4) is 22.6 Å². The Hall–Kier alpha value is -3.12. The second-order valence-electron chi connectivity index (χ2n) is 8.07. The number of ether oxygens (including phenoxy) is 2. The van der Waals surface area contributed by atoms with Crippen LogP contribution in [0, 0.1) is 0 Å². The van der Waals surface area contributed by atoms with Gasteiger partial charge in [-0.15, -0.1) is 0 Å². The summed E-state index contributed by atoms with van der Waals surface area (Å²) >= 11 is 1.69. The fourth-order valence-corrected chi connectivity index (χ4v) is 5.33. The molecule has 2 aromatic carbocycles. The lowest BCUT2D eigenvalue weighted by atomic mass is 9.96. The summed E-state index contributed by atoms with van der Waals surface area (Å²) in [5.74, 6) is 1.74. The predicted octanol–water partition coefficient (Wildman–Crippen LogP) is 6.26. The minimum Gasteiger partial charge on any atom is -0.497 e. The van der Waals surface area contributed by atoms with Crippen LogP contribution in [0.15, 0.2) is 48.5 Å². The lowest BCUT2D eigenvalue weighted by Crippen LogP contribution is -2.00. The molecule has 4 aromatic rings. The number of nitrogens with one attached hydrogen (secondary N) is 1. The molecule has 1 aliphatic rings. The molecule has 0 aliphatic heterocycles. The maximum absolute atomic E-state index is 5.38. The monoisotopic (exact) mass is 445 g/mol. The van der Waals surface area contributed by atoms with Gasteiger partial charge in [0.25, 0.3) is 0 Å². The molecular weight excluding hydrogens is 418 g/mol. The van der Waals surface area contributed by atoms with E-state index in [1.54, 1.807) is 25.6 Å². The first-order chi connectivity index (χ1) is 15.7. The average molecular weight is 446 g/mol. The number of rotatable bonds is 6. The predicted molar refractivity (Wildman–Crippen MR) is 131 cm³/mol. The molecule has 0 bridgehead atoms. The van der Waals surface area contributed by atoms with E-state index in [0.717, 1.165) is 39.8 Å². The average Bonchev–Trinajstić information content (AvgIpc) is 3.10. The number of aryl methyl sites for hydroxylation is 1. The molecule has 0 atom stereocenters. The number of hydrogen-bond donors (Lipinski definition) is 1. The van der Waals surface area contributed by atoms with Gasteiger partial charge in [0.05, 0.1) is 18.9 Å². The van der Waals surface area contributed by atoms with Crippen LogP contribution < -0.4 is 14.8 Å². The van der Waals surface area contributed by atoms with Crippen LogP contribution in [0.1, 0.15) is 36.1 Å². The Bertz CT molecular complexity index is 1220. The molecule has 0 unspecified atom stereocenters. The van der Waals surface area contributed by atoms with Crippen LogP contribution in [0.4, 0.5) is 5.13 Å². The molecule has 0 saturated carbocycles. The third kappa shape index (κ3) is 4.15. The van der Waals surface area contributed by atoms with Gasteiger partial charge in [-0.1, -0.05) is 42.0 Å². The summed E-state index contributed by atoms with van der Waals surface area (Å²) in [4.78, 5) is 9.88. The molecule has 0 fully saturated rings. The maximum Gasteiger partial charge on any atom is 0.185 e. The summed E-state index contributed by atoms with van der Waals surface area (Å²) in [6.07, 6.45) is 5.77. The van der Waals surface area contributed by atoms with E-state index in [1.165, 1.54) is 47.2 Å². The molecule has 0 radical (unpaired) electrons. The molecule has 6 heteroatoms. The van der Waals surface area contributed by atoms with E-state index in [9.17, 15) is 0 Å². The van der Waals surface area contributed by atoms with E-state index in [2.05, 4.69) is 29.6 Å². The number of aromatic nitrogens is 2. The van der Waals surface area contributed by atoms with E-state index >= 15 is 0 Å². The minimum atomic E-state index is 0.710. The van der Waals surface area contributed by atoms with E-state index in [-0.39, 0.29) is 0 Å². The van der Waals surface area contributed by atoms with Crippen molar-refractivity contribution in [2.45, 2.75) is 38.6 Å². The summed E-state index contributed by atoms with van der Waals surface area (Å²) < 4.78 is 11.8. The highest BCUT2D eigenvalue weighted by Gasteiger charge is 2.21. The number of hydrogen-bond acceptors (Lipinski definition) is 6. The maximum atomic E-state index is 5.38. The van der Waals surface area contributed by atoms with Crippen LogP contribution in [-0.4, -0.2) is 24.2 Å². The quantitative estimate of drug-likeness (QED) is 0.355. The number of methoxy groups -OCH3 is 2. The lowest BCUT2D eigenvalue weighted by Gasteiger charge is -2.13. The zero-order chi connectivity index (χ0) is 21.9. The number of fused-ring (bicyclic) bond motifs is 2. The summed E-state index contributed by atoms with van der Waals surface area (Å²) in [6, 6.07) is 16.5. The van der Waals surface area contributed by atoms with Crippen LogP contribution in [-0.2, 0) is 19.4 Å². The van der Waals surface area contributed by atoms with Crippen LogP contribution in [0.25, 0.3) is 21.5 Å². The molecular formula is C26H27N3O2S. The SMILES string of the molecule is COc1ccc(CNc2nc3nc4c(c(-c5ccc(OC)cc5)c3s2)CCCCC4)cc1. The van der Waals surface area contributed by atoms with Crippen LogP contribution >= 0.6 is 11.3 Å². The van der Waals surface area contributed by atoms with Gasteiger partial charge in [0, 0.05) is 17.8 Å². The molecule has 2 heterocycles. The topological polar surface area (TPSA) is 56.3 Å². The molecule has 164 valence electrons. The first kappa shape index (κ1) is 20.8. The Morgan fingerprint density at radius 2 is 1.53 bits per heavy atom. The zero-order valence-corrected chi connectivity index (χ0v) is 19.3. The summed E-state index contributed by atoms with van der Waals surface area (Å²) in [5, 5.41) is 4.40. The highest BCUT2D eigenvalue weighted by molar-refractivity contribution is 7.22. The molecule has 1 N–H and O–H groups in total. The number of anilines is 1. The molecule has 32 heavy (non-hydrogen) atoms. The Labute approximate surface area is 192 Å². The van der Waals surface area contributed by atoms with Gasteiger partial charge in [0.1, 0.15) is 11.5 Å². The van der Waals surface area contributed by atoms with Crippen molar-refractivity contribution in [1.82, 2.24) is 9.97 Å². The smallest absolute Gasteiger partial charge is 0.185 e. The second-order valence-corrected chi connectivity index (χ2v) is 9.07. The molecule has 2 aromatic heterocycles. The van der Waals surface area contributed by atoms with Gasteiger partial charge in [-0.2, -0.15) is 0 Å². The third-order valence-electron chi connectivity index (χ3n) is 6.05. The highest BCUT2D eigenvalue weighted by atomic mass is 32.1. The normalized spacial score (nSPS) is 13.4. The van der Waals surface area contributed by atoms with Crippen LogP contribution in [0.2, 0.25) is 0 Å². The van der Waals surface area contributed by atoms with E-state index in [0.29, 0.717) is 6.54 Å². The summed E-state index contributed by atoms with van der Waals surface area (Å²) in [6.45, 7) is 0.710. The van der Waals surface area contributed by atoms with Gasteiger partial charge >= 0.3 is 0 Å².